The smallest absolute Gasteiger partial charge is 0.462 e. The number of allylic oxidation sites excluding steroid dienone is 3. The lowest BCUT2D eigenvalue weighted by Gasteiger charge is -2.41. The summed E-state index contributed by atoms with van der Waals surface area (Å²) < 4.78 is 33.4. The van der Waals surface area contributed by atoms with Gasteiger partial charge >= 0.3 is 19.8 Å². The average Bonchev–Trinajstić information content (AvgIpc) is 3.20. The molecule has 0 aromatic carbocycles. The average molecular weight is 851 g/mol. The number of aliphatic hydroxyl groups excluding tert-OH is 6. The highest BCUT2D eigenvalue weighted by Crippen LogP contribution is 2.47. The minimum atomic E-state index is -5.14. The normalized spacial score (nSPS) is 23.3. The van der Waals surface area contributed by atoms with Gasteiger partial charge in [-0.05, 0) is 32.1 Å². The van der Waals surface area contributed by atoms with Crippen LogP contribution in [0.2, 0.25) is 0 Å². The Balaban J connectivity index is 2.52. The molecule has 1 fully saturated rings. The summed E-state index contributed by atoms with van der Waals surface area (Å²) in [6.45, 7) is 3.16. The predicted octanol–water partition coefficient (Wildman–Crippen LogP) is 7.03. The van der Waals surface area contributed by atoms with Gasteiger partial charge in [-0.1, -0.05) is 154 Å². The second kappa shape index (κ2) is 33.9. The molecule has 1 rings (SSSR count). The number of carbonyl (C=O) groups is 2. The van der Waals surface area contributed by atoms with Crippen LogP contribution in [-0.2, 0) is 32.7 Å². The summed E-state index contributed by atoms with van der Waals surface area (Å²) in [7, 11) is -5.14. The molecule has 0 aromatic heterocycles. The molecule has 0 aromatic rings. The summed E-state index contributed by atoms with van der Waals surface area (Å²) >= 11 is 0. The van der Waals surface area contributed by atoms with Gasteiger partial charge in [0.25, 0.3) is 0 Å². The standard InChI is InChI=1S/C43H79O14P/c1-3-5-7-9-11-12-13-14-15-16-18-22-26-30-36(45)54-32-35(33-55-58(52,53)57-43-41(50)39(48)38(47)40(49)42(43)51)56-37(46)31-27-23-19-21-25-29-34(44)28-24-20-17-10-8-6-4-2/h17,20,24,28,34-35,38-44,47-51H,3-16,18-19,21-23,25-27,29-33H2,1-2H3,(H,52,53)/b20-17-,28-24+. The summed E-state index contributed by atoms with van der Waals surface area (Å²) in [5.41, 5.74) is 0. The van der Waals surface area contributed by atoms with Gasteiger partial charge in [-0.2, -0.15) is 0 Å². The van der Waals surface area contributed by atoms with E-state index in [9.17, 15) is 49.7 Å². The molecule has 0 radical (unpaired) electrons. The third kappa shape index (κ3) is 26.5. The molecule has 1 aliphatic rings. The molecule has 58 heavy (non-hydrogen) atoms. The lowest BCUT2D eigenvalue weighted by atomic mass is 9.85. The van der Waals surface area contributed by atoms with E-state index in [0.29, 0.717) is 19.3 Å². The third-order valence-corrected chi connectivity index (χ3v) is 11.4. The Morgan fingerprint density at radius 3 is 1.62 bits per heavy atom. The number of ether oxygens (including phenoxy) is 2. The fourth-order valence-corrected chi connectivity index (χ4v) is 7.69. The molecule has 0 amide bonds. The van der Waals surface area contributed by atoms with Crippen LogP contribution in [0.25, 0.3) is 0 Å². The van der Waals surface area contributed by atoms with E-state index >= 15 is 0 Å². The molecule has 0 heterocycles. The Labute approximate surface area is 348 Å². The van der Waals surface area contributed by atoms with Gasteiger partial charge in [0.15, 0.2) is 6.10 Å². The first-order valence-corrected chi connectivity index (χ1v) is 23.7. The van der Waals surface area contributed by atoms with Crippen LogP contribution in [-0.4, -0.2) is 110 Å². The van der Waals surface area contributed by atoms with Crippen LogP contribution < -0.4 is 0 Å². The third-order valence-electron chi connectivity index (χ3n) is 10.4. The van der Waals surface area contributed by atoms with E-state index in [4.69, 9.17) is 18.5 Å². The molecule has 7 N–H and O–H groups in total. The predicted molar refractivity (Wildman–Crippen MR) is 223 cm³/mol. The van der Waals surface area contributed by atoms with E-state index < -0.39 is 81.8 Å². The molecule has 1 saturated carbocycles. The molecule has 14 nitrogen and oxygen atoms in total. The van der Waals surface area contributed by atoms with E-state index in [1.54, 1.807) is 6.08 Å². The van der Waals surface area contributed by atoms with Crippen LogP contribution in [0.4, 0.5) is 0 Å². The zero-order chi connectivity index (χ0) is 43.0. The topological polar surface area (TPSA) is 230 Å². The number of esters is 2. The van der Waals surface area contributed by atoms with Gasteiger partial charge in [-0.15, -0.1) is 0 Å². The number of phosphoric acid groups is 1. The Kier molecular flexibility index (Phi) is 31.8. The maximum absolute atomic E-state index is 12.8. The largest absolute Gasteiger partial charge is 0.472 e. The second-order valence-electron chi connectivity index (χ2n) is 15.8. The van der Waals surface area contributed by atoms with Crippen molar-refractivity contribution in [3.8, 4) is 0 Å². The van der Waals surface area contributed by atoms with Gasteiger partial charge in [0.2, 0.25) is 0 Å². The van der Waals surface area contributed by atoms with Crippen molar-refractivity contribution in [2.24, 2.45) is 0 Å². The lowest BCUT2D eigenvalue weighted by Crippen LogP contribution is -2.64. The first-order chi connectivity index (χ1) is 27.8. The molecule has 7 atom stereocenters. The summed E-state index contributed by atoms with van der Waals surface area (Å²) in [6.07, 6.45) is 18.2. The van der Waals surface area contributed by atoms with Crippen molar-refractivity contribution in [2.75, 3.05) is 13.2 Å². The van der Waals surface area contributed by atoms with Gasteiger partial charge < -0.3 is 45.0 Å². The molecule has 0 spiro atoms. The number of phosphoric ester groups is 1. The Bertz CT molecular complexity index is 1140. The van der Waals surface area contributed by atoms with Crippen LogP contribution in [0.15, 0.2) is 24.3 Å². The van der Waals surface area contributed by atoms with Gasteiger partial charge in [-0.3, -0.25) is 18.6 Å². The fourth-order valence-electron chi connectivity index (χ4n) is 6.72. The summed E-state index contributed by atoms with van der Waals surface area (Å²) in [5, 5.41) is 60.2. The van der Waals surface area contributed by atoms with Crippen LogP contribution >= 0.6 is 7.82 Å². The molecule has 340 valence electrons. The van der Waals surface area contributed by atoms with Crippen LogP contribution in [0.5, 0.6) is 0 Å². The maximum atomic E-state index is 12.8. The van der Waals surface area contributed by atoms with E-state index in [1.165, 1.54) is 77.0 Å². The summed E-state index contributed by atoms with van der Waals surface area (Å²) in [5.74, 6) is -1.17. The van der Waals surface area contributed by atoms with Gasteiger partial charge in [0.05, 0.1) is 12.7 Å². The number of aliphatic hydroxyl groups is 6. The number of unbranched alkanes of at least 4 members (excludes halogenated alkanes) is 19. The summed E-state index contributed by atoms with van der Waals surface area (Å²) in [4.78, 5) is 35.6. The number of rotatable bonds is 36. The maximum Gasteiger partial charge on any atom is 0.472 e. The zero-order valence-corrected chi connectivity index (χ0v) is 36.3. The highest BCUT2D eigenvalue weighted by atomic mass is 31.2. The van der Waals surface area contributed by atoms with Crippen molar-refractivity contribution in [1.82, 2.24) is 0 Å². The Morgan fingerprint density at radius 2 is 1.07 bits per heavy atom. The molecule has 0 aliphatic heterocycles. The lowest BCUT2D eigenvalue weighted by molar-refractivity contribution is -0.220. The van der Waals surface area contributed by atoms with Crippen molar-refractivity contribution in [2.45, 2.75) is 223 Å². The highest BCUT2D eigenvalue weighted by Gasteiger charge is 2.51. The van der Waals surface area contributed by atoms with E-state index in [1.807, 2.05) is 12.2 Å². The van der Waals surface area contributed by atoms with Crippen molar-refractivity contribution >= 4 is 19.8 Å². The number of carbonyl (C=O) groups excluding carboxylic acids is 2. The zero-order valence-electron chi connectivity index (χ0n) is 35.5. The van der Waals surface area contributed by atoms with Crippen molar-refractivity contribution in [1.29, 1.82) is 0 Å². The first-order valence-electron chi connectivity index (χ1n) is 22.2. The Hall–Kier alpha value is -1.71. The summed E-state index contributed by atoms with van der Waals surface area (Å²) in [6, 6.07) is 0. The van der Waals surface area contributed by atoms with Crippen LogP contribution in [0.3, 0.4) is 0 Å². The van der Waals surface area contributed by atoms with Crippen molar-refractivity contribution in [3.63, 3.8) is 0 Å². The van der Waals surface area contributed by atoms with Crippen molar-refractivity contribution in [3.05, 3.63) is 24.3 Å². The molecule has 7 unspecified atom stereocenters. The highest BCUT2D eigenvalue weighted by molar-refractivity contribution is 7.47. The monoisotopic (exact) mass is 851 g/mol. The number of hydrogen-bond acceptors (Lipinski definition) is 13. The van der Waals surface area contributed by atoms with Crippen LogP contribution in [0.1, 0.15) is 174 Å². The quantitative estimate of drug-likeness (QED) is 0.0145. The number of hydrogen-bond donors (Lipinski definition) is 7. The Morgan fingerprint density at radius 1 is 0.603 bits per heavy atom. The molecular formula is C43H79O14P. The van der Waals surface area contributed by atoms with Crippen LogP contribution in [0, 0.1) is 0 Å². The van der Waals surface area contributed by atoms with E-state index in [0.717, 1.165) is 51.4 Å². The molecule has 15 heteroatoms. The van der Waals surface area contributed by atoms with Gasteiger partial charge in [0, 0.05) is 12.8 Å². The first kappa shape index (κ1) is 54.3. The molecule has 0 bridgehead atoms. The molecule has 0 saturated heterocycles. The second-order valence-corrected chi connectivity index (χ2v) is 17.2. The van der Waals surface area contributed by atoms with E-state index in [-0.39, 0.29) is 12.8 Å². The van der Waals surface area contributed by atoms with Gasteiger partial charge in [0.1, 0.15) is 43.2 Å². The molecular weight excluding hydrogens is 771 g/mol. The van der Waals surface area contributed by atoms with Crippen molar-refractivity contribution < 1.29 is 68.2 Å². The molecule has 1 aliphatic carbocycles. The fraction of sp³-hybridized carbons (Fsp3) is 0.860. The SMILES string of the molecule is CCCCC/C=C\C=C\C(O)CCCCCCCC(=O)OC(COC(=O)CCCCCCCCCCCCCCC)COP(=O)(O)OC1C(O)C(O)C(O)C(O)C1O. The van der Waals surface area contributed by atoms with E-state index in [2.05, 4.69) is 19.9 Å². The minimum absolute atomic E-state index is 0.0329. The minimum Gasteiger partial charge on any atom is -0.462 e. The van der Waals surface area contributed by atoms with Gasteiger partial charge in [-0.25, -0.2) is 4.57 Å².